The minimum Gasteiger partial charge on any atom is -0.497 e. The van der Waals surface area contributed by atoms with Crippen molar-refractivity contribution in [1.29, 1.82) is 0 Å². The molecule has 5 heterocycles. The Balaban J connectivity index is 0.000000559. The van der Waals surface area contributed by atoms with Gasteiger partial charge in [-0.25, -0.2) is 19.4 Å². The van der Waals surface area contributed by atoms with E-state index >= 15 is 0 Å². The van der Waals surface area contributed by atoms with Crippen LogP contribution in [0.15, 0.2) is 54.9 Å². The molecule has 0 radical (unpaired) electrons. The Morgan fingerprint density at radius 3 is 2.40 bits per heavy atom. The number of pyridine rings is 2. The quantitative estimate of drug-likeness (QED) is 0.275. The highest BCUT2D eigenvalue weighted by Gasteiger charge is 2.45. The second kappa shape index (κ2) is 13.2. The number of carbonyl (C=O) groups excluding carboxylic acids is 2. The average Bonchev–Trinajstić information content (AvgIpc) is 3.44. The summed E-state index contributed by atoms with van der Waals surface area (Å²) in [4.78, 5) is 45.4. The molecule has 2 aliphatic heterocycles. The van der Waals surface area contributed by atoms with Gasteiger partial charge in [-0.3, -0.25) is 9.59 Å². The zero-order valence-electron chi connectivity index (χ0n) is 25.5. The number of fused-ring (bicyclic) bond motifs is 1. The number of rotatable bonds is 6. The number of anilines is 2. The molecule has 2 fully saturated rings. The number of halogens is 3. The molecular weight excluding hydrogens is 623 g/mol. The summed E-state index contributed by atoms with van der Waals surface area (Å²) in [6.45, 7) is 4.24. The number of aromatic nitrogens is 4. The van der Waals surface area contributed by atoms with Crippen molar-refractivity contribution in [1.82, 2.24) is 24.6 Å². The van der Waals surface area contributed by atoms with Gasteiger partial charge in [0, 0.05) is 48.4 Å². The first-order valence-electron chi connectivity index (χ1n) is 14.5. The summed E-state index contributed by atoms with van der Waals surface area (Å²) >= 11 is 0. The van der Waals surface area contributed by atoms with Gasteiger partial charge in [0.05, 0.1) is 37.1 Å². The zero-order valence-corrected chi connectivity index (χ0v) is 25.5. The van der Waals surface area contributed by atoms with Crippen LogP contribution in [0.5, 0.6) is 5.75 Å². The molecule has 2 saturated heterocycles. The first kappa shape index (κ1) is 33.1. The predicted molar refractivity (Wildman–Crippen MR) is 163 cm³/mol. The highest BCUT2D eigenvalue weighted by Crippen LogP contribution is 2.37. The van der Waals surface area contributed by atoms with Crippen LogP contribution in [0.4, 0.5) is 24.8 Å². The highest BCUT2D eigenvalue weighted by molar-refractivity contribution is 6.04. The van der Waals surface area contributed by atoms with E-state index in [1.165, 1.54) is 0 Å². The number of benzene rings is 1. The molecule has 2 aliphatic rings. The Hall–Kier alpha value is -5.25. The van der Waals surface area contributed by atoms with E-state index in [0.29, 0.717) is 48.2 Å². The number of likely N-dealkylation sites (tertiary alicyclic amines) is 1. The molecule has 0 aliphatic carbocycles. The van der Waals surface area contributed by atoms with Crippen molar-refractivity contribution in [2.75, 3.05) is 44.5 Å². The van der Waals surface area contributed by atoms with Gasteiger partial charge in [-0.1, -0.05) is 0 Å². The molecular formula is C31H32F3N7O6. The molecule has 6 rings (SSSR count). The Labute approximate surface area is 266 Å². The third kappa shape index (κ3) is 7.11. The van der Waals surface area contributed by atoms with Crippen LogP contribution in [0.2, 0.25) is 0 Å². The lowest BCUT2D eigenvalue weighted by atomic mass is 9.85. The smallest absolute Gasteiger partial charge is 0.490 e. The Morgan fingerprint density at radius 2 is 1.79 bits per heavy atom. The van der Waals surface area contributed by atoms with Crippen LogP contribution in [0, 0.1) is 5.41 Å². The maximum absolute atomic E-state index is 13.2. The predicted octanol–water partition coefficient (Wildman–Crippen LogP) is 4.03. The van der Waals surface area contributed by atoms with Crippen LogP contribution in [0.3, 0.4) is 0 Å². The number of carboxylic acid groups (broad SMARTS) is 1. The van der Waals surface area contributed by atoms with Crippen molar-refractivity contribution in [2.24, 2.45) is 5.41 Å². The molecule has 1 aromatic carbocycles. The number of nitrogens with zero attached hydrogens (tertiary/aromatic N) is 5. The molecule has 1 atom stereocenters. The van der Waals surface area contributed by atoms with Gasteiger partial charge in [0.2, 0.25) is 5.91 Å². The molecule has 4 aromatic rings. The summed E-state index contributed by atoms with van der Waals surface area (Å²) in [6.07, 6.45) is -0.0113. The van der Waals surface area contributed by atoms with E-state index in [2.05, 4.69) is 15.3 Å². The monoisotopic (exact) mass is 655 g/mol. The number of carboxylic acids is 1. The van der Waals surface area contributed by atoms with E-state index in [1.807, 2.05) is 30.0 Å². The fourth-order valence-corrected chi connectivity index (χ4v) is 5.45. The lowest BCUT2D eigenvalue weighted by Crippen LogP contribution is -2.55. The second-order valence-electron chi connectivity index (χ2n) is 11.4. The van der Waals surface area contributed by atoms with Gasteiger partial charge in [0.1, 0.15) is 22.9 Å². The maximum Gasteiger partial charge on any atom is 0.490 e. The lowest BCUT2D eigenvalue weighted by Gasteiger charge is -2.42. The molecule has 0 bridgehead atoms. The fourth-order valence-electron chi connectivity index (χ4n) is 5.45. The average molecular weight is 656 g/mol. The minimum absolute atomic E-state index is 0.0632. The number of amides is 2. The van der Waals surface area contributed by atoms with Crippen molar-refractivity contribution in [3.05, 3.63) is 66.1 Å². The van der Waals surface area contributed by atoms with Crippen molar-refractivity contribution >= 4 is 40.3 Å². The minimum atomic E-state index is -5.08. The maximum atomic E-state index is 13.2. The number of ether oxygens (including phenoxy) is 2. The lowest BCUT2D eigenvalue weighted by molar-refractivity contribution is -0.192. The summed E-state index contributed by atoms with van der Waals surface area (Å²) in [6, 6.07) is 12.4. The van der Waals surface area contributed by atoms with E-state index in [-0.39, 0.29) is 17.7 Å². The van der Waals surface area contributed by atoms with Crippen molar-refractivity contribution < 1.29 is 42.1 Å². The van der Waals surface area contributed by atoms with Gasteiger partial charge in [0.25, 0.3) is 5.91 Å². The van der Waals surface area contributed by atoms with E-state index in [4.69, 9.17) is 30.2 Å². The summed E-state index contributed by atoms with van der Waals surface area (Å²) in [5.74, 6) is -1.48. The molecule has 2 amide bonds. The van der Waals surface area contributed by atoms with Crippen LogP contribution < -0.4 is 15.8 Å². The third-order valence-electron chi connectivity index (χ3n) is 7.93. The molecule has 3 aromatic heterocycles. The summed E-state index contributed by atoms with van der Waals surface area (Å²) in [5.41, 5.74) is 8.72. The molecule has 0 saturated carbocycles. The first-order valence-corrected chi connectivity index (χ1v) is 14.5. The van der Waals surface area contributed by atoms with Gasteiger partial charge in [-0.15, -0.1) is 0 Å². The molecule has 13 nitrogen and oxygen atoms in total. The van der Waals surface area contributed by atoms with Crippen molar-refractivity contribution in [3.63, 3.8) is 0 Å². The Morgan fingerprint density at radius 1 is 1.11 bits per heavy atom. The number of piperidine rings is 1. The molecule has 0 spiro atoms. The summed E-state index contributed by atoms with van der Waals surface area (Å²) in [5, 5.41) is 15.8. The largest absolute Gasteiger partial charge is 0.497 e. The number of nitrogens with one attached hydrogen (secondary N) is 1. The number of aliphatic carboxylic acids is 1. The number of nitrogen functional groups attached to an aromatic ring is 1. The molecule has 47 heavy (non-hydrogen) atoms. The molecule has 16 heteroatoms. The number of carbonyl (C=O) groups is 3. The summed E-state index contributed by atoms with van der Waals surface area (Å²) < 4.78 is 44.0. The van der Waals surface area contributed by atoms with E-state index < -0.39 is 17.6 Å². The zero-order chi connectivity index (χ0) is 33.9. The number of alkyl halides is 3. The van der Waals surface area contributed by atoms with E-state index in [9.17, 15) is 22.8 Å². The van der Waals surface area contributed by atoms with E-state index in [0.717, 1.165) is 36.2 Å². The number of methoxy groups -OCH3 is 1. The normalized spacial score (nSPS) is 17.2. The van der Waals surface area contributed by atoms with Crippen LogP contribution in [-0.4, -0.2) is 87.1 Å². The number of nitrogens with two attached hydrogens (primary N) is 1. The van der Waals surface area contributed by atoms with Crippen LogP contribution >= 0.6 is 0 Å². The molecule has 4 N–H and O–H groups in total. The Bertz CT molecular complexity index is 1790. The first-order chi connectivity index (χ1) is 22.3. The fraction of sp³-hybridized carbons (Fsp3) is 0.355. The van der Waals surface area contributed by atoms with Crippen LogP contribution in [0.25, 0.3) is 16.6 Å². The molecule has 248 valence electrons. The van der Waals surface area contributed by atoms with Gasteiger partial charge < -0.3 is 30.5 Å². The number of hydrogen-bond donors (Lipinski definition) is 3. The van der Waals surface area contributed by atoms with Crippen LogP contribution in [0.1, 0.15) is 41.7 Å². The van der Waals surface area contributed by atoms with Crippen molar-refractivity contribution in [2.45, 2.75) is 31.9 Å². The van der Waals surface area contributed by atoms with Crippen molar-refractivity contribution in [3.8, 4) is 11.4 Å². The SMILES string of the molecule is COc1ccnc(NC(=O)c2ccc(-n3nc([C@@H]4CCCN(C(=O)C5(C)COC5)C4)c4ccnc(N)c43)cc2)c1.O=C(O)C(F)(F)F. The second-order valence-corrected chi connectivity index (χ2v) is 11.4. The van der Waals surface area contributed by atoms with Gasteiger partial charge >= 0.3 is 12.1 Å². The van der Waals surface area contributed by atoms with Gasteiger partial charge in [0.15, 0.2) is 0 Å². The Kier molecular flexibility index (Phi) is 9.33. The highest BCUT2D eigenvalue weighted by atomic mass is 19.4. The van der Waals surface area contributed by atoms with Gasteiger partial charge in [-0.05, 0) is 56.2 Å². The summed E-state index contributed by atoms with van der Waals surface area (Å²) in [7, 11) is 1.56. The standard InChI is InChI=1S/C29H31N7O4.C2HF3O2/c1-29(16-40-17-29)28(38)35-13-3-4-19(15-35)24-22-10-12-32-26(30)25(22)36(34-24)20-7-5-18(6-8-20)27(37)33-23-14-21(39-2)9-11-31-23;3-2(4,5)1(6)7/h5-12,14,19H,3-4,13,15-17H2,1-2H3,(H2,30,32)(H,31,33,37);(H,6,7)/t19-;/m1./s1. The van der Waals surface area contributed by atoms with Gasteiger partial charge in [-0.2, -0.15) is 18.3 Å². The number of hydrogen-bond acceptors (Lipinski definition) is 9. The topological polar surface area (TPSA) is 175 Å². The van der Waals surface area contributed by atoms with E-state index in [1.54, 1.807) is 48.5 Å². The third-order valence-corrected chi connectivity index (χ3v) is 7.93. The van der Waals surface area contributed by atoms with Crippen LogP contribution in [-0.2, 0) is 14.3 Å². The molecule has 0 unspecified atom stereocenters.